The number of allylic oxidation sites excluding steroid dienone is 2. The fourth-order valence-corrected chi connectivity index (χ4v) is 2.93. The van der Waals surface area contributed by atoms with Crippen molar-refractivity contribution in [2.24, 2.45) is 11.1 Å². The normalized spacial score (nSPS) is 18.2. The first-order chi connectivity index (χ1) is 11.3. The molecule has 0 spiro atoms. The van der Waals surface area contributed by atoms with Crippen LogP contribution in [0.5, 0.6) is 0 Å². The van der Waals surface area contributed by atoms with Gasteiger partial charge < -0.3 is 10.1 Å². The minimum absolute atomic E-state index is 0.113. The number of rotatable bonds is 6. The third-order valence-corrected chi connectivity index (χ3v) is 4.56. The Morgan fingerprint density at radius 2 is 2.17 bits per heavy atom. The summed E-state index contributed by atoms with van der Waals surface area (Å²) in [6.07, 6.45) is 5.12. The van der Waals surface area contributed by atoms with Crippen LogP contribution in [0, 0.1) is 5.92 Å². The van der Waals surface area contributed by atoms with Gasteiger partial charge in [0.2, 0.25) is 10.0 Å². The van der Waals surface area contributed by atoms with Gasteiger partial charge in [-0.3, -0.25) is 9.59 Å². The van der Waals surface area contributed by atoms with Gasteiger partial charge in [0.05, 0.1) is 11.3 Å². The zero-order valence-electron chi connectivity index (χ0n) is 13.3. The number of carbonyl (C=O) groups excluding carboxylic acids is 2. The fraction of sp³-hybridized carbons (Fsp3) is 0.375. The summed E-state index contributed by atoms with van der Waals surface area (Å²) in [5.74, 6) is -0.816. The average molecular weight is 352 g/mol. The molecule has 8 heteroatoms. The molecular weight excluding hydrogens is 332 g/mol. The molecule has 1 aliphatic rings. The molecule has 0 unspecified atom stereocenters. The molecule has 0 heterocycles. The van der Waals surface area contributed by atoms with Gasteiger partial charge in [0, 0.05) is 5.69 Å². The minimum Gasteiger partial charge on any atom is -0.453 e. The smallest absolute Gasteiger partial charge is 0.307 e. The number of hydrogen-bond acceptors (Lipinski definition) is 5. The molecule has 0 radical (unpaired) electrons. The summed E-state index contributed by atoms with van der Waals surface area (Å²) < 4.78 is 27.7. The van der Waals surface area contributed by atoms with Gasteiger partial charge in [-0.1, -0.05) is 18.2 Å². The number of nitrogens with two attached hydrogens (primary N) is 1. The van der Waals surface area contributed by atoms with E-state index in [1.165, 1.54) is 31.2 Å². The Balaban J connectivity index is 1.91. The highest BCUT2D eigenvalue weighted by Crippen LogP contribution is 2.21. The van der Waals surface area contributed by atoms with Crippen LogP contribution < -0.4 is 10.5 Å². The first-order valence-corrected chi connectivity index (χ1v) is 9.10. The van der Waals surface area contributed by atoms with Crippen LogP contribution in [0.3, 0.4) is 0 Å². The van der Waals surface area contributed by atoms with Crippen LogP contribution in [-0.4, -0.2) is 26.4 Å². The second-order valence-corrected chi connectivity index (χ2v) is 7.23. The number of anilines is 1. The van der Waals surface area contributed by atoms with E-state index in [1.807, 2.05) is 12.2 Å². The summed E-state index contributed by atoms with van der Waals surface area (Å²) in [7, 11) is -3.86. The lowest BCUT2D eigenvalue weighted by molar-refractivity contribution is -0.153. The third-order valence-electron chi connectivity index (χ3n) is 3.65. The first-order valence-electron chi connectivity index (χ1n) is 7.55. The SMILES string of the molecule is C[C@H](OC(=O)C[C@@H]1C=CCC1)C(=O)Nc1cccc(S(N)(=O)=O)c1. The van der Waals surface area contributed by atoms with E-state index < -0.39 is 28.0 Å². The number of benzene rings is 1. The molecule has 0 bridgehead atoms. The van der Waals surface area contributed by atoms with E-state index in [2.05, 4.69) is 5.32 Å². The molecule has 0 fully saturated rings. The highest BCUT2D eigenvalue weighted by Gasteiger charge is 2.21. The Hall–Kier alpha value is -2.19. The van der Waals surface area contributed by atoms with Crippen LogP contribution in [0.4, 0.5) is 5.69 Å². The Kier molecular flexibility index (Phi) is 5.74. The predicted octanol–water partition coefficient (Wildman–Crippen LogP) is 1.56. The van der Waals surface area contributed by atoms with Crippen molar-refractivity contribution in [3.8, 4) is 0 Å². The molecule has 2 atom stereocenters. The van der Waals surface area contributed by atoms with Gasteiger partial charge in [-0.05, 0) is 43.9 Å². The molecule has 1 aromatic carbocycles. The Labute approximate surface area is 140 Å². The summed E-state index contributed by atoms with van der Waals surface area (Å²) in [5.41, 5.74) is 0.258. The van der Waals surface area contributed by atoms with Crippen LogP contribution in [0.25, 0.3) is 0 Å². The molecule has 24 heavy (non-hydrogen) atoms. The zero-order chi connectivity index (χ0) is 17.7. The minimum atomic E-state index is -3.86. The molecule has 1 aliphatic carbocycles. The standard InChI is InChI=1S/C16H20N2O5S/c1-11(23-15(19)9-12-5-2-3-6-12)16(20)18-13-7-4-8-14(10-13)24(17,21)22/h2,4-5,7-8,10-12H,3,6,9H2,1H3,(H,18,20)(H2,17,21,22)/t11-,12+/m0/s1. The highest BCUT2D eigenvalue weighted by molar-refractivity contribution is 7.89. The highest BCUT2D eigenvalue weighted by atomic mass is 32.2. The summed E-state index contributed by atoms with van der Waals surface area (Å²) in [6, 6.07) is 5.54. The Morgan fingerprint density at radius 1 is 1.42 bits per heavy atom. The lowest BCUT2D eigenvalue weighted by Crippen LogP contribution is -2.30. The Morgan fingerprint density at radius 3 is 2.79 bits per heavy atom. The number of amides is 1. The maximum atomic E-state index is 12.1. The molecule has 1 amide bonds. The maximum absolute atomic E-state index is 12.1. The predicted molar refractivity (Wildman–Crippen MR) is 88.5 cm³/mol. The molecule has 1 aromatic rings. The topological polar surface area (TPSA) is 116 Å². The van der Waals surface area contributed by atoms with Crippen molar-refractivity contribution in [1.82, 2.24) is 0 Å². The number of hydrogen-bond donors (Lipinski definition) is 2. The Bertz CT molecular complexity index is 757. The van der Waals surface area contributed by atoms with E-state index in [-0.39, 0.29) is 22.9 Å². The molecule has 130 valence electrons. The van der Waals surface area contributed by atoms with Gasteiger partial charge in [-0.25, -0.2) is 13.6 Å². The lowest BCUT2D eigenvalue weighted by Gasteiger charge is -2.15. The number of nitrogens with one attached hydrogen (secondary N) is 1. The number of carbonyl (C=O) groups is 2. The van der Waals surface area contributed by atoms with Crippen molar-refractivity contribution in [2.45, 2.75) is 37.2 Å². The van der Waals surface area contributed by atoms with Gasteiger partial charge in [0.1, 0.15) is 0 Å². The van der Waals surface area contributed by atoms with Gasteiger partial charge in [-0.15, -0.1) is 0 Å². The second kappa shape index (κ2) is 7.59. The summed E-state index contributed by atoms with van der Waals surface area (Å²) in [6.45, 7) is 1.46. The second-order valence-electron chi connectivity index (χ2n) is 5.66. The van der Waals surface area contributed by atoms with E-state index >= 15 is 0 Å². The first kappa shape index (κ1) is 18.2. The van der Waals surface area contributed by atoms with E-state index in [0.717, 1.165) is 12.8 Å². The fourth-order valence-electron chi connectivity index (χ4n) is 2.37. The van der Waals surface area contributed by atoms with Crippen LogP contribution in [-0.2, 0) is 24.3 Å². The molecule has 3 N–H and O–H groups in total. The molecule has 0 aliphatic heterocycles. The van der Waals surface area contributed by atoms with E-state index in [0.29, 0.717) is 0 Å². The van der Waals surface area contributed by atoms with Crippen molar-refractivity contribution in [2.75, 3.05) is 5.32 Å². The van der Waals surface area contributed by atoms with Crippen molar-refractivity contribution >= 4 is 27.6 Å². The molecule has 2 rings (SSSR count). The molecule has 0 saturated carbocycles. The molecular formula is C16H20N2O5S. The van der Waals surface area contributed by atoms with Crippen molar-refractivity contribution in [3.05, 3.63) is 36.4 Å². The summed E-state index contributed by atoms with van der Waals surface area (Å²) in [4.78, 5) is 23.8. The largest absolute Gasteiger partial charge is 0.453 e. The molecule has 0 saturated heterocycles. The monoisotopic (exact) mass is 352 g/mol. The maximum Gasteiger partial charge on any atom is 0.307 e. The van der Waals surface area contributed by atoms with Gasteiger partial charge in [0.15, 0.2) is 6.10 Å². The zero-order valence-corrected chi connectivity index (χ0v) is 14.1. The number of ether oxygens (including phenoxy) is 1. The van der Waals surface area contributed by atoms with Gasteiger partial charge >= 0.3 is 5.97 Å². The molecule has 7 nitrogen and oxygen atoms in total. The molecule has 0 aromatic heterocycles. The summed E-state index contributed by atoms with van der Waals surface area (Å²) in [5, 5.41) is 7.55. The van der Waals surface area contributed by atoms with E-state index in [9.17, 15) is 18.0 Å². The van der Waals surface area contributed by atoms with Crippen molar-refractivity contribution < 1.29 is 22.7 Å². The van der Waals surface area contributed by atoms with E-state index in [4.69, 9.17) is 9.88 Å². The van der Waals surface area contributed by atoms with Gasteiger partial charge in [0.25, 0.3) is 5.91 Å². The van der Waals surface area contributed by atoms with Crippen LogP contribution in [0.1, 0.15) is 26.2 Å². The van der Waals surface area contributed by atoms with E-state index in [1.54, 1.807) is 0 Å². The number of sulfonamides is 1. The quantitative estimate of drug-likeness (QED) is 0.595. The number of esters is 1. The summed E-state index contributed by atoms with van der Waals surface area (Å²) >= 11 is 0. The van der Waals surface area contributed by atoms with Crippen LogP contribution >= 0.6 is 0 Å². The van der Waals surface area contributed by atoms with Crippen molar-refractivity contribution in [1.29, 1.82) is 0 Å². The number of primary sulfonamides is 1. The third kappa shape index (κ3) is 5.17. The average Bonchev–Trinajstić information content (AvgIpc) is 2.99. The van der Waals surface area contributed by atoms with Crippen LogP contribution in [0.2, 0.25) is 0 Å². The lowest BCUT2D eigenvalue weighted by atomic mass is 10.1. The van der Waals surface area contributed by atoms with Crippen LogP contribution in [0.15, 0.2) is 41.3 Å². The van der Waals surface area contributed by atoms with Gasteiger partial charge in [-0.2, -0.15) is 0 Å². The van der Waals surface area contributed by atoms with Crippen molar-refractivity contribution in [3.63, 3.8) is 0 Å².